The van der Waals surface area contributed by atoms with Gasteiger partial charge in [-0.25, -0.2) is 0 Å². The van der Waals surface area contributed by atoms with Gasteiger partial charge in [0.05, 0.1) is 10.2 Å². The Kier molecular flexibility index (Phi) is 4.82. The first kappa shape index (κ1) is 10.7. The Morgan fingerprint density at radius 3 is 1.80 bits per heavy atom. The summed E-state index contributed by atoms with van der Waals surface area (Å²) in [6.07, 6.45) is 5.01. The average molecular weight is 180 g/mol. The van der Waals surface area contributed by atoms with Crippen molar-refractivity contribution in [2.45, 2.75) is 30.5 Å². The Labute approximate surface area is 72.0 Å². The topological polar surface area (TPSA) is 20.2 Å². The van der Waals surface area contributed by atoms with Crippen LogP contribution in [0.1, 0.15) is 20.3 Å². The third-order valence-electron chi connectivity index (χ3n) is 1.19. The zero-order valence-electron chi connectivity index (χ0n) is 7.05. The molecule has 0 aliphatic rings. The molecule has 0 bridgehead atoms. The minimum Gasteiger partial charge on any atom is -0.390 e. The molecular formula is C7H16OS2. The van der Waals surface area contributed by atoms with Crippen LogP contribution in [-0.2, 0) is 0 Å². The summed E-state index contributed by atoms with van der Waals surface area (Å²) in [7, 11) is 0. The average Bonchev–Trinajstić information content (AvgIpc) is 1.81. The summed E-state index contributed by atoms with van der Waals surface area (Å²) in [5.41, 5.74) is -0.517. The van der Waals surface area contributed by atoms with E-state index in [1.165, 1.54) is 0 Å². The van der Waals surface area contributed by atoms with E-state index < -0.39 is 5.60 Å². The molecule has 0 aliphatic carbocycles. The molecule has 0 aromatic rings. The van der Waals surface area contributed by atoms with Crippen molar-refractivity contribution in [2.24, 2.45) is 0 Å². The monoisotopic (exact) mass is 180 g/mol. The number of aliphatic hydroxyl groups is 1. The molecule has 0 rings (SSSR count). The van der Waals surface area contributed by atoms with Crippen molar-refractivity contribution in [1.29, 1.82) is 0 Å². The molecule has 0 atom stereocenters. The third-order valence-corrected chi connectivity index (χ3v) is 3.73. The van der Waals surface area contributed by atoms with E-state index in [1.807, 2.05) is 13.8 Å². The standard InChI is InChI=1S/C7H16OS2/c1-7(2,8)5-6(9-3)10-4/h6,8H,5H2,1-4H3. The Morgan fingerprint density at radius 2 is 1.70 bits per heavy atom. The second-order valence-electron chi connectivity index (χ2n) is 2.92. The van der Waals surface area contributed by atoms with Gasteiger partial charge in [0.2, 0.25) is 0 Å². The predicted molar refractivity (Wildman–Crippen MR) is 51.7 cm³/mol. The minimum absolute atomic E-state index is 0.517. The summed E-state index contributed by atoms with van der Waals surface area (Å²) in [6.45, 7) is 3.71. The first-order valence-corrected chi connectivity index (χ1v) is 5.85. The lowest BCUT2D eigenvalue weighted by Crippen LogP contribution is -2.22. The molecule has 0 fully saturated rings. The van der Waals surface area contributed by atoms with Crippen molar-refractivity contribution >= 4 is 23.5 Å². The SMILES string of the molecule is CSC(CC(C)(C)O)SC. The molecule has 1 N–H and O–H groups in total. The smallest absolute Gasteiger partial charge is 0.0610 e. The van der Waals surface area contributed by atoms with Crippen LogP contribution >= 0.6 is 23.5 Å². The van der Waals surface area contributed by atoms with Crippen LogP contribution in [-0.4, -0.2) is 27.8 Å². The molecule has 0 aromatic carbocycles. The van der Waals surface area contributed by atoms with Gasteiger partial charge in [-0.05, 0) is 32.8 Å². The molecule has 62 valence electrons. The largest absolute Gasteiger partial charge is 0.390 e. The number of hydrogen-bond acceptors (Lipinski definition) is 3. The van der Waals surface area contributed by atoms with Gasteiger partial charge >= 0.3 is 0 Å². The highest BCUT2D eigenvalue weighted by Crippen LogP contribution is 2.27. The van der Waals surface area contributed by atoms with Crippen molar-refractivity contribution in [3.63, 3.8) is 0 Å². The molecule has 0 saturated carbocycles. The zero-order chi connectivity index (χ0) is 8.20. The molecule has 0 aliphatic heterocycles. The van der Waals surface area contributed by atoms with Crippen LogP contribution in [0.4, 0.5) is 0 Å². The Balaban J connectivity index is 3.63. The Morgan fingerprint density at radius 1 is 1.30 bits per heavy atom. The van der Waals surface area contributed by atoms with Crippen LogP contribution in [0.25, 0.3) is 0 Å². The molecule has 3 heteroatoms. The van der Waals surface area contributed by atoms with Crippen LogP contribution in [0.2, 0.25) is 0 Å². The van der Waals surface area contributed by atoms with Gasteiger partial charge in [-0.2, -0.15) is 23.5 Å². The third kappa shape index (κ3) is 5.45. The predicted octanol–water partition coefficient (Wildman–Crippen LogP) is 2.20. The highest BCUT2D eigenvalue weighted by Gasteiger charge is 2.18. The zero-order valence-corrected chi connectivity index (χ0v) is 8.68. The normalized spacial score (nSPS) is 12.6. The molecule has 0 amide bonds. The summed E-state index contributed by atoms with van der Waals surface area (Å²) >= 11 is 3.60. The van der Waals surface area contributed by atoms with E-state index in [2.05, 4.69) is 12.5 Å². The quantitative estimate of drug-likeness (QED) is 0.670. The second kappa shape index (κ2) is 4.52. The van der Waals surface area contributed by atoms with Crippen molar-refractivity contribution in [2.75, 3.05) is 12.5 Å². The lowest BCUT2D eigenvalue weighted by atomic mass is 10.1. The van der Waals surface area contributed by atoms with Crippen molar-refractivity contribution in [3.05, 3.63) is 0 Å². The molecule has 0 unspecified atom stereocenters. The van der Waals surface area contributed by atoms with Gasteiger partial charge in [0.25, 0.3) is 0 Å². The second-order valence-corrected chi connectivity index (χ2v) is 5.30. The van der Waals surface area contributed by atoms with Crippen molar-refractivity contribution in [1.82, 2.24) is 0 Å². The van der Waals surface area contributed by atoms with E-state index in [1.54, 1.807) is 23.5 Å². The fourth-order valence-corrected chi connectivity index (χ4v) is 2.59. The molecule has 0 saturated heterocycles. The summed E-state index contributed by atoms with van der Waals surface area (Å²) in [5, 5.41) is 9.42. The van der Waals surface area contributed by atoms with Gasteiger partial charge in [-0.1, -0.05) is 0 Å². The maximum Gasteiger partial charge on any atom is 0.0610 e. The molecule has 0 spiro atoms. The van der Waals surface area contributed by atoms with Crippen LogP contribution in [0.15, 0.2) is 0 Å². The Bertz CT molecular complexity index is 84.1. The van der Waals surface area contributed by atoms with Crippen LogP contribution < -0.4 is 0 Å². The molecule has 0 radical (unpaired) electrons. The van der Waals surface area contributed by atoms with Gasteiger partial charge < -0.3 is 5.11 Å². The number of hydrogen-bond donors (Lipinski definition) is 1. The van der Waals surface area contributed by atoms with Crippen LogP contribution in [0, 0.1) is 0 Å². The first-order chi connectivity index (χ1) is 4.49. The van der Waals surface area contributed by atoms with Crippen LogP contribution in [0.3, 0.4) is 0 Å². The lowest BCUT2D eigenvalue weighted by molar-refractivity contribution is 0.0759. The van der Waals surface area contributed by atoms with E-state index in [9.17, 15) is 5.11 Å². The van der Waals surface area contributed by atoms with Gasteiger partial charge in [0.1, 0.15) is 0 Å². The van der Waals surface area contributed by atoms with E-state index in [4.69, 9.17) is 0 Å². The maximum atomic E-state index is 9.42. The van der Waals surface area contributed by atoms with Gasteiger partial charge in [-0.15, -0.1) is 0 Å². The van der Waals surface area contributed by atoms with E-state index >= 15 is 0 Å². The Hall–Kier alpha value is 0.660. The van der Waals surface area contributed by atoms with Gasteiger partial charge in [-0.3, -0.25) is 0 Å². The molecule has 0 aromatic heterocycles. The van der Waals surface area contributed by atoms with Crippen molar-refractivity contribution < 1.29 is 5.11 Å². The van der Waals surface area contributed by atoms with E-state index in [-0.39, 0.29) is 0 Å². The van der Waals surface area contributed by atoms with Gasteiger partial charge in [0, 0.05) is 0 Å². The highest BCUT2D eigenvalue weighted by molar-refractivity contribution is 8.16. The van der Waals surface area contributed by atoms with Crippen molar-refractivity contribution in [3.8, 4) is 0 Å². The summed E-state index contributed by atoms with van der Waals surface area (Å²) in [6, 6.07) is 0. The van der Waals surface area contributed by atoms with Gasteiger partial charge in [0.15, 0.2) is 0 Å². The number of rotatable bonds is 4. The molecule has 0 heterocycles. The lowest BCUT2D eigenvalue weighted by Gasteiger charge is -2.21. The molecule has 10 heavy (non-hydrogen) atoms. The molecule has 1 nitrogen and oxygen atoms in total. The summed E-state index contributed by atoms with van der Waals surface area (Å²) in [5.74, 6) is 0. The minimum atomic E-state index is -0.517. The highest BCUT2D eigenvalue weighted by atomic mass is 32.2. The fraction of sp³-hybridized carbons (Fsp3) is 1.00. The summed E-state index contributed by atoms with van der Waals surface area (Å²) < 4.78 is 0.528. The maximum absolute atomic E-state index is 9.42. The molecular weight excluding hydrogens is 164 g/mol. The first-order valence-electron chi connectivity index (χ1n) is 3.27. The van der Waals surface area contributed by atoms with E-state index in [0.29, 0.717) is 4.58 Å². The fourth-order valence-electron chi connectivity index (χ4n) is 0.671. The van der Waals surface area contributed by atoms with Crippen LogP contribution in [0.5, 0.6) is 0 Å². The summed E-state index contributed by atoms with van der Waals surface area (Å²) in [4.78, 5) is 0. The van der Waals surface area contributed by atoms with E-state index in [0.717, 1.165) is 6.42 Å². The number of thioether (sulfide) groups is 2.